The third-order valence-electron chi connectivity index (χ3n) is 12.3. The van der Waals surface area contributed by atoms with E-state index in [1.807, 2.05) is 0 Å². The monoisotopic (exact) mass is 1260 g/mol. The molecule has 496 valence electrons. The maximum Gasteiger partial charge on any atom is 0.370 e. The number of carbonyl (C=O) groups is 9. The van der Waals surface area contributed by atoms with E-state index >= 15 is 0 Å². The molecule has 2 aliphatic heterocycles. The number of unbranched alkanes of at least 4 members (excludes halogenated alkanes) is 2. The Kier molecular flexibility index (Phi) is 37.0. The Bertz CT molecular complexity index is 2260. The van der Waals surface area contributed by atoms with E-state index in [1.54, 1.807) is 0 Å². The van der Waals surface area contributed by atoms with Crippen LogP contribution < -0.4 is 54.0 Å². The quantitative estimate of drug-likeness (QED) is 0.0117. The first-order chi connectivity index (χ1) is 41.9. The number of carbonyl (C=O) groups excluding carboxylic acids is 7. The minimum atomic E-state index is -1.75. The minimum absolute atomic E-state index is 0.0546. The topological polar surface area (TPSA) is 548 Å². The Hall–Kier alpha value is -7.99. The molecule has 88 heavy (non-hydrogen) atoms. The molecule has 2 aliphatic rings. The Balaban J connectivity index is 1.95. The highest BCUT2D eigenvalue weighted by atomic mass is 16.6. The number of aliphatic hydroxyl groups is 4. The number of carboxylic acids is 2. The Morgan fingerprint density at radius 2 is 0.943 bits per heavy atom. The third-order valence-corrected chi connectivity index (χ3v) is 12.3. The largest absolute Gasteiger partial charge is 0.478 e. The maximum absolute atomic E-state index is 13.4. The highest BCUT2D eigenvalue weighted by molar-refractivity contribution is 5.89. The molecule has 7 amide bonds. The number of guanidine groups is 2. The zero-order valence-corrected chi connectivity index (χ0v) is 49.0. The lowest BCUT2D eigenvalue weighted by Crippen LogP contribution is -2.64. The van der Waals surface area contributed by atoms with Gasteiger partial charge < -0.3 is 127 Å². The van der Waals surface area contributed by atoms with Crippen molar-refractivity contribution in [1.82, 2.24) is 47.4 Å². The molecule has 2 rings (SSSR count). The van der Waals surface area contributed by atoms with E-state index in [0.717, 1.165) is 30.9 Å². The number of nitrogens with zero attached hydrogens (tertiary/aromatic N) is 1. The molecule has 0 aromatic heterocycles. The van der Waals surface area contributed by atoms with E-state index in [-0.39, 0.29) is 65.6 Å². The Morgan fingerprint density at radius 1 is 0.591 bits per heavy atom. The number of ether oxygens (including phenoxy) is 8. The van der Waals surface area contributed by atoms with Gasteiger partial charge in [-0.2, -0.15) is 0 Å². The molecule has 0 unspecified atom stereocenters. The summed E-state index contributed by atoms with van der Waals surface area (Å²) in [5, 5.41) is 96.1. The highest BCUT2D eigenvalue weighted by Crippen LogP contribution is 2.27. The Morgan fingerprint density at radius 3 is 1.27 bits per heavy atom. The van der Waals surface area contributed by atoms with Crippen molar-refractivity contribution in [1.29, 1.82) is 10.8 Å². The SMILES string of the molecule is C#CCOCCOCCOCCOCCC(=O)N(CC(=O)NCCCCNC(=O)CO[C@@H]([C@@H]1OC(C(=O)O)=C[C@H](NC(=N)N)[C@H]1NC(C)=O)[C@H](O)CO)CC(=O)NCCCCNC(=O)CO[C@@H]([C@@H]1OC(C(=O)O)=C[C@H](NC(=N)N)[C@H]1NC(C)=O)[C@H](O)CO. The number of hydrogen-bond acceptors (Lipinski definition) is 23. The maximum atomic E-state index is 13.4. The standard InChI is InChI=1S/C52H85N13O23/c1-4-14-81-16-18-83-20-21-84-19-17-82-15-9-42(76)65(24-38(72)57-10-5-7-12-59-40(74)28-85-45(34(70)26-66)47-43(61-30(2)68)32(63-51(53)54)22-36(87-47)49(77)78)25-39(73)58-11-6-8-13-60-41(75)29-86-46(35(71)27-67)48-44(62-31(3)69)33(64-52(55)56)23-37(88-48)50(79)80/h1,22-23,32-35,43-48,66-67,70-71H,5-21,24-29H2,2-3H3,(H,57,72)(H,58,73)(H,59,74)(H,60,75)(H,61,68)(H,62,69)(H,77,78)(H,79,80)(H4,53,54,63)(H4,55,56,64)/t32-,33-,34+,35+,43+,44+,45+,46+,47+,48+/m0/s1. The first-order valence-electron chi connectivity index (χ1n) is 27.8. The second-order valence-corrected chi connectivity index (χ2v) is 19.4. The Labute approximate surface area is 506 Å². The molecule has 0 aromatic rings. The molecule has 10 atom stereocenters. The number of nitrogens with two attached hydrogens (primary N) is 2. The van der Waals surface area contributed by atoms with Gasteiger partial charge in [-0.1, -0.05) is 5.92 Å². The van der Waals surface area contributed by atoms with Crippen LogP contribution in [-0.2, 0) is 81.0 Å². The molecule has 2 heterocycles. The van der Waals surface area contributed by atoms with Gasteiger partial charge in [0.2, 0.25) is 52.9 Å². The summed E-state index contributed by atoms with van der Waals surface area (Å²) in [6.45, 7) is -0.222. The third kappa shape index (κ3) is 30.6. The molecular formula is C52H85N13O23. The normalized spacial score (nSPS) is 19.1. The van der Waals surface area contributed by atoms with E-state index < -0.39 is 177 Å². The molecule has 0 bridgehead atoms. The van der Waals surface area contributed by atoms with Crippen LogP contribution in [0.4, 0.5) is 0 Å². The second-order valence-electron chi connectivity index (χ2n) is 19.4. The van der Waals surface area contributed by atoms with Gasteiger partial charge in [0.15, 0.2) is 24.1 Å². The van der Waals surface area contributed by atoms with Crippen LogP contribution in [0, 0.1) is 23.2 Å². The molecule has 0 radical (unpaired) electrons. The van der Waals surface area contributed by atoms with Crippen LogP contribution in [0.1, 0.15) is 46.0 Å². The van der Waals surface area contributed by atoms with Gasteiger partial charge in [0, 0.05) is 40.0 Å². The number of nitrogens with one attached hydrogen (secondary N) is 10. The van der Waals surface area contributed by atoms with Crippen molar-refractivity contribution < 1.29 is 112 Å². The van der Waals surface area contributed by atoms with Crippen molar-refractivity contribution >= 4 is 65.2 Å². The van der Waals surface area contributed by atoms with Crippen LogP contribution in [0.15, 0.2) is 23.7 Å². The molecule has 36 nitrogen and oxygen atoms in total. The van der Waals surface area contributed by atoms with Crippen LogP contribution in [-0.4, -0.2) is 280 Å². The van der Waals surface area contributed by atoms with Crippen molar-refractivity contribution in [2.75, 3.05) is 119 Å². The molecule has 36 heteroatoms. The summed E-state index contributed by atoms with van der Waals surface area (Å²) in [4.78, 5) is 114. The number of rotatable bonds is 45. The molecule has 0 aliphatic carbocycles. The van der Waals surface area contributed by atoms with Crippen molar-refractivity contribution in [3.8, 4) is 12.3 Å². The molecular weight excluding hydrogens is 1170 g/mol. The number of terminal acetylenes is 1. The van der Waals surface area contributed by atoms with Gasteiger partial charge in [0.1, 0.15) is 57.3 Å². The molecule has 20 N–H and O–H groups in total. The van der Waals surface area contributed by atoms with Crippen LogP contribution >= 0.6 is 0 Å². The highest BCUT2D eigenvalue weighted by Gasteiger charge is 2.47. The summed E-state index contributed by atoms with van der Waals surface area (Å²) in [7, 11) is 0. The minimum Gasteiger partial charge on any atom is -0.478 e. The lowest BCUT2D eigenvalue weighted by atomic mass is 9.91. The molecule has 0 spiro atoms. The van der Waals surface area contributed by atoms with Crippen molar-refractivity contribution in [3.05, 3.63) is 23.7 Å². The number of hydrogen-bond donors (Lipinski definition) is 18. The van der Waals surface area contributed by atoms with Gasteiger partial charge in [-0.3, -0.25) is 44.4 Å². The number of aliphatic carboxylic acids is 2. The summed E-state index contributed by atoms with van der Waals surface area (Å²) in [6, 6.07) is -4.76. The van der Waals surface area contributed by atoms with Crippen molar-refractivity contribution in [2.45, 2.75) is 107 Å². The van der Waals surface area contributed by atoms with E-state index in [4.69, 9.17) is 66.6 Å². The summed E-state index contributed by atoms with van der Waals surface area (Å²) in [5.74, 6) is -7.77. The van der Waals surface area contributed by atoms with Gasteiger partial charge in [-0.15, -0.1) is 6.42 Å². The molecule has 0 saturated heterocycles. The number of amides is 7. The van der Waals surface area contributed by atoms with Gasteiger partial charge >= 0.3 is 11.9 Å². The summed E-state index contributed by atoms with van der Waals surface area (Å²) < 4.78 is 43.8. The lowest BCUT2D eigenvalue weighted by molar-refractivity contribution is -0.159. The lowest BCUT2D eigenvalue weighted by Gasteiger charge is -2.41. The van der Waals surface area contributed by atoms with Crippen molar-refractivity contribution in [2.24, 2.45) is 11.5 Å². The van der Waals surface area contributed by atoms with E-state index in [9.17, 15) is 73.8 Å². The predicted molar refractivity (Wildman–Crippen MR) is 304 cm³/mol. The molecule has 0 aromatic carbocycles. The van der Waals surface area contributed by atoms with Crippen LogP contribution in [0.5, 0.6) is 0 Å². The van der Waals surface area contributed by atoms with Gasteiger partial charge in [0.05, 0.1) is 90.1 Å². The average molecular weight is 1260 g/mol. The summed E-state index contributed by atoms with van der Waals surface area (Å²) in [5.41, 5.74) is 11.0. The van der Waals surface area contributed by atoms with Gasteiger partial charge in [0.25, 0.3) is 0 Å². The zero-order chi connectivity index (χ0) is 65.6. The first-order valence-corrected chi connectivity index (χ1v) is 27.8. The number of carboxylic acid groups (broad SMARTS) is 2. The molecule has 0 saturated carbocycles. The van der Waals surface area contributed by atoms with Crippen LogP contribution in [0.2, 0.25) is 0 Å². The fourth-order valence-electron chi connectivity index (χ4n) is 8.40. The predicted octanol–water partition coefficient (Wildman–Crippen LogP) is -8.15. The number of aliphatic hydroxyl groups excluding tert-OH is 4. The second kappa shape index (κ2) is 42.8. The fourth-order valence-corrected chi connectivity index (χ4v) is 8.40. The smallest absolute Gasteiger partial charge is 0.370 e. The zero-order valence-electron chi connectivity index (χ0n) is 49.0. The first kappa shape index (κ1) is 76.1. The van der Waals surface area contributed by atoms with Gasteiger partial charge in [-0.05, 0) is 37.8 Å². The molecule has 0 fully saturated rings. The van der Waals surface area contributed by atoms with Crippen LogP contribution in [0.3, 0.4) is 0 Å². The average Bonchev–Trinajstić information content (AvgIpc) is 2.95. The summed E-state index contributed by atoms with van der Waals surface area (Å²) >= 11 is 0. The van der Waals surface area contributed by atoms with E-state index in [2.05, 4.69) is 48.5 Å². The van der Waals surface area contributed by atoms with E-state index in [1.165, 1.54) is 0 Å². The summed E-state index contributed by atoms with van der Waals surface area (Å²) in [6.07, 6.45) is -1.55. The fraction of sp³-hybridized carbons (Fsp3) is 0.673. The van der Waals surface area contributed by atoms with E-state index in [0.29, 0.717) is 45.5 Å². The van der Waals surface area contributed by atoms with Crippen molar-refractivity contribution in [3.63, 3.8) is 0 Å². The van der Waals surface area contributed by atoms with Gasteiger partial charge in [-0.25, -0.2) is 9.59 Å². The van der Waals surface area contributed by atoms with Crippen LogP contribution in [0.25, 0.3) is 0 Å².